The van der Waals surface area contributed by atoms with Crippen molar-refractivity contribution in [3.05, 3.63) is 48.0 Å². The van der Waals surface area contributed by atoms with Crippen molar-refractivity contribution < 1.29 is 14.3 Å². The van der Waals surface area contributed by atoms with Crippen molar-refractivity contribution in [3.8, 4) is 0 Å². The fourth-order valence-electron chi connectivity index (χ4n) is 4.77. The number of hydrogen-bond donors (Lipinski definition) is 1. The molecule has 26 heavy (non-hydrogen) atoms. The predicted molar refractivity (Wildman–Crippen MR) is 100 cm³/mol. The van der Waals surface area contributed by atoms with Crippen LogP contribution in [-0.4, -0.2) is 18.5 Å². The van der Waals surface area contributed by atoms with Crippen molar-refractivity contribution in [2.24, 2.45) is 17.8 Å². The van der Waals surface area contributed by atoms with Crippen LogP contribution in [0.1, 0.15) is 44.2 Å². The molecule has 2 fully saturated rings. The Kier molecular flexibility index (Phi) is 4.66. The van der Waals surface area contributed by atoms with Gasteiger partial charge in [0.15, 0.2) is 6.61 Å². The number of hydrogen-bond acceptors (Lipinski definition) is 3. The fraction of sp³-hybridized carbons (Fsp3) is 0.455. The van der Waals surface area contributed by atoms with Crippen molar-refractivity contribution in [2.75, 3.05) is 6.61 Å². The van der Waals surface area contributed by atoms with Gasteiger partial charge in [-0.05, 0) is 54.4 Å². The first-order chi connectivity index (χ1) is 12.6. The monoisotopic (exact) mass is 351 g/mol. The summed E-state index contributed by atoms with van der Waals surface area (Å²) in [5.74, 6) is 0.743. The van der Waals surface area contributed by atoms with Crippen LogP contribution in [0.4, 0.5) is 0 Å². The number of amides is 1. The number of carbonyl (C=O) groups is 2. The molecule has 4 rings (SSSR count). The van der Waals surface area contributed by atoms with Crippen LogP contribution in [0, 0.1) is 17.8 Å². The van der Waals surface area contributed by atoms with Gasteiger partial charge in [0, 0.05) is 0 Å². The van der Waals surface area contributed by atoms with Crippen LogP contribution < -0.4 is 5.32 Å². The first kappa shape index (κ1) is 17.1. The summed E-state index contributed by atoms with van der Waals surface area (Å²) in [6, 6.07) is 14.1. The molecule has 4 atom stereocenters. The van der Waals surface area contributed by atoms with Crippen LogP contribution in [0.5, 0.6) is 0 Å². The average Bonchev–Trinajstić information content (AvgIpc) is 3.29. The highest BCUT2D eigenvalue weighted by atomic mass is 16.5. The molecular weight excluding hydrogens is 326 g/mol. The van der Waals surface area contributed by atoms with E-state index in [1.165, 1.54) is 6.42 Å². The van der Waals surface area contributed by atoms with Gasteiger partial charge in [-0.2, -0.15) is 0 Å². The van der Waals surface area contributed by atoms with E-state index in [4.69, 9.17) is 4.74 Å². The molecule has 0 aromatic heterocycles. The minimum Gasteiger partial charge on any atom is -0.455 e. The third-order valence-corrected chi connectivity index (χ3v) is 6.05. The lowest BCUT2D eigenvalue weighted by atomic mass is 9.89. The Morgan fingerprint density at radius 1 is 1.12 bits per heavy atom. The number of rotatable bonds is 5. The molecule has 1 N–H and O–H groups in total. The lowest BCUT2D eigenvalue weighted by Crippen LogP contribution is -2.33. The molecule has 0 aliphatic heterocycles. The zero-order valence-electron chi connectivity index (χ0n) is 15.1. The third kappa shape index (κ3) is 3.33. The Balaban J connectivity index is 1.33. The van der Waals surface area contributed by atoms with E-state index in [9.17, 15) is 9.59 Å². The summed E-state index contributed by atoms with van der Waals surface area (Å²) in [4.78, 5) is 24.5. The largest absolute Gasteiger partial charge is 0.455 e. The molecule has 0 radical (unpaired) electrons. The summed E-state index contributed by atoms with van der Waals surface area (Å²) in [6.07, 6.45) is 4.48. The highest BCUT2D eigenvalue weighted by molar-refractivity contribution is 5.87. The maximum Gasteiger partial charge on any atom is 0.309 e. The molecule has 4 unspecified atom stereocenters. The summed E-state index contributed by atoms with van der Waals surface area (Å²) in [6.45, 7) is 1.76. The van der Waals surface area contributed by atoms with E-state index >= 15 is 0 Å². The van der Waals surface area contributed by atoms with Crippen LogP contribution in [0.2, 0.25) is 0 Å². The molecule has 136 valence electrons. The lowest BCUT2D eigenvalue weighted by molar-refractivity contribution is -0.154. The van der Waals surface area contributed by atoms with E-state index in [1.54, 1.807) is 0 Å². The zero-order chi connectivity index (χ0) is 18.1. The molecule has 4 heteroatoms. The van der Waals surface area contributed by atoms with Crippen LogP contribution in [0.15, 0.2) is 42.5 Å². The molecule has 0 saturated heterocycles. The van der Waals surface area contributed by atoms with E-state index in [-0.39, 0.29) is 30.4 Å². The highest BCUT2D eigenvalue weighted by Gasteiger charge is 2.44. The van der Waals surface area contributed by atoms with Gasteiger partial charge in [0.05, 0.1) is 12.0 Å². The normalized spacial score (nSPS) is 25.2. The molecule has 1 amide bonds. The maximum absolute atomic E-state index is 12.3. The summed E-state index contributed by atoms with van der Waals surface area (Å²) in [7, 11) is 0. The lowest BCUT2D eigenvalue weighted by Gasteiger charge is -2.20. The van der Waals surface area contributed by atoms with Crippen molar-refractivity contribution in [1.82, 2.24) is 5.32 Å². The Morgan fingerprint density at radius 3 is 2.69 bits per heavy atom. The Labute approximate surface area is 153 Å². The molecule has 0 spiro atoms. The van der Waals surface area contributed by atoms with Crippen LogP contribution in [-0.2, 0) is 14.3 Å². The first-order valence-corrected chi connectivity index (χ1v) is 9.55. The number of nitrogens with one attached hydrogen (secondary N) is 1. The smallest absolute Gasteiger partial charge is 0.309 e. The zero-order valence-corrected chi connectivity index (χ0v) is 15.1. The van der Waals surface area contributed by atoms with Gasteiger partial charge >= 0.3 is 5.97 Å². The summed E-state index contributed by atoms with van der Waals surface area (Å²) in [5, 5.41) is 5.23. The second kappa shape index (κ2) is 7.10. The Morgan fingerprint density at radius 2 is 1.92 bits per heavy atom. The van der Waals surface area contributed by atoms with Gasteiger partial charge in [-0.25, -0.2) is 0 Å². The molecule has 4 nitrogen and oxygen atoms in total. The SMILES string of the molecule is CC(NC(=O)COC(=O)C1CC2CCC1C2)c1cccc2ccccc12. The topological polar surface area (TPSA) is 55.4 Å². The average molecular weight is 351 g/mol. The molecular formula is C22H25NO3. The molecule has 2 bridgehead atoms. The third-order valence-electron chi connectivity index (χ3n) is 6.05. The summed E-state index contributed by atoms with van der Waals surface area (Å²) < 4.78 is 5.31. The van der Waals surface area contributed by atoms with Crippen molar-refractivity contribution in [3.63, 3.8) is 0 Å². The minimum absolute atomic E-state index is 0.0111. The van der Waals surface area contributed by atoms with Crippen molar-refractivity contribution >= 4 is 22.6 Å². The fourth-order valence-corrected chi connectivity index (χ4v) is 4.77. The number of benzene rings is 2. The van der Waals surface area contributed by atoms with Gasteiger partial charge in [-0.1, -0.05) is 48.9 Å². The van der Waals surface area contributed by atoms with E-state index in [1.807, 2.05) is 31.2 Å². The summed E-state index contributed by atoms with van der Waals surface area (Å²) >= 11 is 0. The quantitative estimate of drug-likeness (QED) is 0.829. The molecule has 2 aromatic carbocycles. The van der Waals surface area contributed by atoms with E-state index < -0.39 is 0 Å². The van der Waals surface area contributed by atoms with E-state index in [0.29, 0.717) is 11.8 Å². The number of fused-ring (bicyclic) bond motifs is 3. The molecule has 2 aromatic rings. The van der Waals surface area contributed by atoms with Crippen molar-refractivity contribution in [1.29, 1.82) is 0 Å². The standard InChI is InChI=1S/C22H25NO3/c1-14(18-8-4-6-16-5-2-3-7-19(16)18)23-21(24)13-26-22(25)20-12-15-9-10-17(20)11-15/h2-8,14-15,17,20H,9-13H2,1H3,(H,23,24). The number of esters is 1. The second-order valence-corrected chi connectivity index (χ2v) is 7.75. The van der Waals surface area contributed by atoms with Gasteiger partial charge in [-0.15, -0.1) is 0 Å². The first-order valence-electron chi connectivity index (χ1n) is 9.55. The van der Waals surface area contributed by atoms with Gasteiger partial charge < -0.3 is 10.1 Å². The highest BCUT2D eigenvalue weighted by Crippen LogP contribution is 2.48. The van der Waals surface area contributed by atoms with Gasteiger partial charge in [-0.3, -0.25) is 9.59 Å². The van der Waals surface area contributed by atoms with Crippen LogP contribution in [0.25, 0.3) is 10.8 Å². The molecule has 2 aliphatic rings. The second-order valence-electron chi connectivity index (χ2n) is 7.75. The predicted octanol–water partition coefficient (Wildman–Crippen LogP) is 4.00. The van der Waals surface area contributed by atoms with Crippen LogP contribution in [0.3, 0.4) is 0 Å². The minimum atomic E-state index is -0.248. The van der Waals surface area contributed by atoms with E-state index in [2.05, 4.69) is 23.5 Å². The van der Waals surface area contributed by atoms with Gasteiger partial charge in [0.25, 0.3) is 5.91 Å². The van der Waals surface area contributed by atoms with E-state index in [0.717, 1.165) is 35.6 Å². The van der Waals surface area contributed by atoms with Gasteiger partial charge in [0.1, 0.15) is 0 Å². The maximum atomic E-state index is 12.3. The van der Waals surface area contributed by atoms with Gasteiger partial charge in [0.2, 0.25) is 0 Å². The Bertz CT molecular complexity index is 826. The molecule has 0 heterocycles. The molecule has 2 saturated carbocycles. The number of carbonyl (C=O) groups excluding carboxylic acids is 2. The van der Waals surface area contributed by atoms with Crippen LogP contribution >= 0.6 is 0 Å². The Hall–Kier alpha value is -2.36. The molecule has 2 aliphatic carbocycles. The summed E-state index contributed by atoms with van der Waals surface area (Å²) in [5.41, 5.74) is 1.07. The van der Waals surface area contributed by atoms with Crippen molar-refractivity contribution in [2.45, 2.75) is 38.6 Å². The number of ether oxygens (including phenoxy) is 1.